The van der Waals surface area contributed by atoms with Gasteiger partial charge in [-0.15, -0.1) is 0 Å². The molecule has 2 aromatic heterocycles. The zero-order valence-electron chi connectivity index (χ0n) is 21.5. The minimum Gasteiger partial charge on any atom is -0.338 e. The third-order valence-corrected chi connectivity index (χ3v) is 6.67. The molecule has 3 heterocycles. The first-order chi connectivity index (χ1) is 18.0. The normalized spacial score (nSPS) is 13.6. The molecule has 198 valence electrons. The van der Waals surface area contributed by atoms with Gasteiger partial charge in [0.15, 0.2) is 11.5 Å². The van der Waals surface area contributed by atoms with E-state index >= 15 is 0 Å². The van der Waals surface area contributed by atoms with Crippen molar-refractivity contribution in [2.24, 2.45) is 0 Å². The molecule has 1 aliphatic rings. The minimum atomic E-state index is -4.89. The number of nitrogens with one attached hydrogen (secondary N) is 2. The third kappa shape index (κ3) is 4.88. The number of alkyl halides is 3. The molecule has 0 unspecified atom stereocenters. The highest BCUT2D eigenvalue weighted by Gasteiger charge is 2.43. The Bertz CT molecular complexity index is 1510. The van der Waals surface area contributed by atoms with E-state index < -0.39 is 12.1 Å². The average molecular weight is 524 g/mol. The predicted molar refractivity (Wildman–Crippen MR) is 140 cm³/mol. The topological polar surface area (TPSA) is 88.0 Å². The molecule has 0 atom stereocenters. The van der Waals surface area contributed by atoms with Crippen molar-refractivity contribution in [3.05, 3.63) is 64.8 Å². The molecule has 0 fully saturated rings. The first kappa shape index (κ1) is 25.5. The van der Waals surface area contributed by atoms with E-state index in [0.717, 1.165) is 32.7 Å². The highest BCUT2D eigenvalue weighted by molar-refractivity contribution is 5.90. The van der Waals surface area contributed by atoms with Crippen molar-refractivity contribution >= 4 is 40.1 Å². The molecule has 38 heavy (non-hydrogen) atoms. The summed E-state index contributed by atoms with van der Waals surface area (Å²) in [4.78, 5) is 21.7. The number of fused-ring (bicyclic) bond motifs is 2. The summed E-state index contributed by atoms with van der Waals surface area (Å²) >= 11 is 0. The maximum Gasteiger partial charge on any atom is 0.471 e. The molecule has 0 spiro atoms. The van der Waals surface area contributed by atoms with Gasteiger partial charge in [-0.3, -0.25) is 4.79 Å². The molecule has 0 bridgehead atoms. The largest absolute Gasteiger partial charge is 0.471 e. The number of halogens is 3. The average Bonchev–Trinajstić information content (AvgIpc) is 3.23. The quantitative estimate of drug-likeness (QED) is 0.336. The van der Waals surface area contributed by atoms with Crippen LogP contribution in [0.4, 0.5) is 36.3 Å². The second kappa shape index (κ2) is 9.62. The van der Waals surface area contributed by atoms with Crippen LogP contribution in [0.1, 0.15) is 42.1 Å². The minimum absolute atomic E-state index is 0.0367. The van der Waals surface area contributed by atoms with Gasteiger partial charge in [0, 0.05) is 36.7 Å². The summed E-state index contributed by atoms with van der Waals surface area (Å²) in [6.07, 6.45) is -2.82. The Balaban J connectivity index is 1.43. The van der Waals surface area contributed by atoms with Gasteiger partial charge in [0.05, 0.1) is 5.39 Å². The van der Waals surface area contributed by atoms with E-state index in [0.29, 0.717) is 35.1 Å². The Morgan fingerprint density at radius 1 is 1.05 bits per heavy atom. The number of carbonyl (C=O) groups is 1. The number of aryl methyl sites for hydroxylation is 2. The number of carbonyl (C=O) groups excluding carboxylic acids is 1. The van der Waals surface area contributed by atoms with E-state index in [1.807, 2.05) is 62.7 Å². The van der Waals surface area contributed by atoms with Crippen LogP contribution in [0.3, 0.4) is 0 Å². The Kier molecular flexibility index (Phi) is 6.46. The second-order valence-corrected chi connectivity index (χ2v) is 9.79. The summed E-state index contributed by atoms with van der Waals surface area (Å²) in [6.45, 7) is 8.04. The smallest absolute Gasteiger partial charge is 0.338 e. The first-order valence-corrected chi connectivity index (χ1v) is 12.3. The van der Waals surface area contributed by atoms with Crippen LogP contribution >= 0.6 is 0 Å². The molecule has 2 aromatic carbocycles. The fourth-order valence-electron chi connectivity index (χ4n) is 4.68. The van der Waals surface area contributed by atoms with Crippen molar-refractivity contribution in [2.75, 3.05) is 17.2 Å². The van der Waals surface area contributed by atoms with Gasteiger partial charge in [0.1, 0.15) is 0 Å². The lowest BCUT2D eigenvalue weighted by Crippen LogP contribution is -2.43. The zero-order valence-corrected chi connectivity index (χ0v) is 21.5. The van der Waals surface area contributed by atoms with Gasteiger partial charge in [-0.05, 0) is 68.5 Å². The molecule has 1 aliphatic heterocycles. The van der Waals surface area contributed by atoms with E-state index in [1.165, 1.54) is 0 Å². The molecular weight excluding hydrogens is 495 g/mol. The molecule has 0 aliphatic carbocycles. The van der Waals surface area contributed by atoms with Crippen LogP contribution in [0, 0.1) is 13.8 Å². The number of amides is 1. The molecule has 4 aromatic rings. The summed E-state index contributed by atoms with van der Waals surface area (Å²) in [5.74, 6) is -0.833. The van der Waals surface area contributed by atoms with E-state index in [1.54, 1.807) is 12.3 Å². The first-order valence-electron chi connectivity index (χ1n) is 12.3. The van der Waals surface area contributed by atoms with E-state index in [4.69, 9.17) is 10.1 Å². The van der Waals surface area contributed by atoms with Gasteiger partial charge in [-0.2, -0.15) is 23.3 Å². The number of para-hydroxylation sites is 1. The highest BCUT2D eigenvalue weighted by atomic mass is 19.4. The summed E-state index contributed by atoms with van der Waals surface area (Å²) in [7, 11) is 0. The Hall–Kier alpha value is -4.15. The summed E-state index contributed by atoms with van der Waals surface area (Å²) < 4.78 is 40.6. The van der Waals surface area contributed by atoms with Crippen LogP contribution in [0.2, 0.25) is 0 Å². The molecular formula is C27H28F3N7O. The lowest BCUT2D eigenvalue weighted by atomic mass is 9.99. The second-order valence-electron chi connectivity index (χ2n) is 9.79. The molecule has 1 amide bonds. The summed E-state index contributed by atoms with van der Waals surface area (Å²) in [5.41, 5.74) is 6.02. The number of aromatic nitrogens is 4. The molecule has 2 N–H and O–H groups in total. The van der Waals surface area contributed by atoms with Crippen molar-refractivity contribution in [3.63, 3.8) is 0 Å². The van der Waals surface area contributed by atoms with Gasteiger partial charge in [0.25, 0.3) is 0 Å². The molecule has 8 nitrogen and oxygen atoms in total. The number of nitrogens with zero attached hydrogens (tertiary/aromatic N) is 5. The zero-order chi connectivity index (χ0) is 27.2. The maximum absolute atomic E-state index is 12.9. The molecule has 5 rings (SSSR count). The van der Waals surface area contributed by atoms with Crippen molar-refractivity contribution in [2.45, 2.75) is 52.9 Å². The van der Waals surface area contributed by atoms with Gasteiger partial charge < -0.3 is 15.5 Å². The molecule has 11 heteroatoms. The standard InChI is InChI=1S/C27H28F3N7O/c1-15(2)37-24-21(23(35-37)33-22-16(3)6-5-7-17(22)4)13-31-26(34-24)32-20-9-8-18-10-11-36(14-19(18)12-20)25(38)27(28,29)30/h5-9,12-13,15H,10-11,14H2,1-4H3,(H,33,35)(H,31,32,34). The summed E-state index contributed by atoms with van der Waals surface area (Å²) in [5, 5.41) is 12.1. The van der Waals surface area contributed by atoms with E-state index in [2.05, 4.69) is 15.6 Å². The Morgan fingerprint density at radius 3 is 2.47 bits per heavy atom. The predicted octanol–water partition coefficient (Wildman–Crippen LogP) is 5.96. The fourth-order valence-corrected chi connectivity index (χ4v) is 4.68. The van der Waals surface area contributed by atoms with Crippen LogP contribution in [0.5, 0.6) is 0 Å². The molecule has 0 radical (unpaired) electrons. The van der Waals surface area contributed by atoms with Crippen molar-refractivity contribution in [1.29, 1.82) is 0 Å². The number of benzene rings is 2. The third-order valence-electron chi connectivity index (χ3n) is 6.67. The monoisotopic (exact) mass is 523 g/mol. The molecule has 0 saturated carbocycles. The lowest BCUT2D eigenvalue weighted by molar-refractivity contribution is -0.186. The van der Waals surface area contributed by atoms with Crippen LogP contribution < -0.4 is 10.6 Å². The van der Waals surface area contributed by atoms with Crippen molar-refractivity contribution in [3.8, 4) is 0 Å². The number of anilines is 4. The van der Waals surface area contributed by atoms with Crippen LogP contribution in [-0.4, -0.2) is 43.3 Å². The van der Waals surface area contributed by atoms with E-state index in [-0.39, 0.29) is 19.1 Å². The van der Waals surface area contributed by atoms with Crippen LogP contribution in [0.15, 0.2) is 42.6 Å². The lowest BCUT2D eigenvalue weighted by Gasteiger charge is -2.29. The fraction of sp³-hybridized carbons (Fsp3) is 0.333. The van der Waals surface area contributed by atoms with E-state index in [9.17, 15) is 18.0 Å². The summed E-state index contributed by atoms with van der Waals surface area (Å²) in [6, 6.07) is 11.5. The van der Waals surface area contributed by atoms with Crippen LogP contribution in [-0.2, 0) is 17.8 Å². The van der Waals surface area contributed by atoms with Gasteiger partial charge in [-0.1, -0.05) is 24.3 Å². The van der Waals surface area contributed by atoms with Crippen LogP contribution in [0.25, 0.3) is 11.0 Å². The maximum atomic E-state index is 12.9. The van der Waals surface area contributed by atoms with Gasteiger partial charge in [-0.25, -0.2) is 9.67 Å². The number of rotatable bonds is 5. The highest BCUT2D eigenvalue weighted by Crippen LogP contribution is 2.31. The SMILES string of the molecule is Cc1cccc(C)c1Nc1nn(C(C)C)c2nc(Nc3ccc4c(c3)CN(C(=O)C(F)(F)F)CC4)ncc12. The van der Waals surface area contributed by atoms with Gasteiger partial charge >= 0.3 is 12.1 Å². The van der Waals surface area contributed by atoms with Crippen molar-refractivity contribution in [1.82, 2.24) is 24.6 Å². The molecule has 0 saturated heterocycles. The Labute approximate surface area is 217 Å². The Morgan fingerprint density at radius 2 is 1.79 bits per heavy atom. The number of hydrogen-bond acceptors (Lipinski definition) is 6. The van der Waals surface area contributed by atoms with Crippen molar-refractivity contribution < 1.29 is 18.0 Å². The number of hydrogen-bond donors (Lipinski definition) is 2. The van der Waals surface area contributed by atoms with Gasteiger partial charge in [0.2, 0.25) is 5.95 Å².